The smallest absolute Gasteiger partial charge is 0.324 e. The SMILES string of the molecule is N#CC1(c2ccc(C(=O)ON3C(=O)c4ccccc4C3=O)cc2)CC1. The van der Waals surface area contributed by atoms with Crippen molar-refractivity contribution in [1.29, 1.82) is 5.26 Å². The summed E-state index contributed by atoms with van der Waals surface area (Å²) in [6.45, 7) is 0. The van der Waals surface area contributed by atoms with Crippen LogP contribution >= 0.6 is 0 Å². The van der Waals surface area contributed by atoms with E-state index in [4.69, 9.17) is 4.84 Å². The first kappa shape index (κ1) is 15.1. The molecule has 0 radical (unpaired) electrons. The largest absolute Gasteiger partial charge is 0.363 e. The Kier molecular flexibility index (Phi) is 3.19. The first-order chi connectivity index (χ1) is 12.1. The Morgan fingerprint density at radius 3 is 2.04 bits per heavy atom. The molecule has 122 valence electrons. The number of imide groups is 1. The van der Waals surface area contributed by atoms with Gasteiger partial charge in [0.15, 0.2) is 0 Å². The van der Waals surface area contributed by atoms with Crippen LogP contribution in [0.15, 0.2) is 48.5 Å². The van der Waals surface area contributed by atoms with Crippen LogP contribution in [-0.4, -0.2) is 22.8 Å². The molecule has 0 bridgehead atoms. The number of nitrogens with zero attached hydrogens (tertiary/aromatic N) is 2. The molecule has 2 amide bonds. The normalized spacial score (nSPS) is 17.0. The molecule has 25 heavy (non-hydrogen) atoms. The average molecular weight is 332 g/mol. The van der Waals surface area contributed by atoms with Crippen molar-refractivity contribution in [1.82, 2.24) is 5.06 Å². The zero-order valence-corrected chi connectivity index (χ0v) is 13.1. The van der Waals surface area contributed by atoms with Crippen LogP contribution in [0.4, 0.5) is 0 Å². The maximum Gasteiger partial charge on any atom is 0.363 e. The van der Waals surface area contributed by atoms with Gasteiger partial charge in [-0.05, 0) is 42.7 Å². The van der Waals surface area contributed by atoms with Crippen LogP contribution in [0.5, 0.6) is 0 Å². The van der Waals surface area contributed by atoms with Crippen molar-refractivity contribution < 1.29 is 19.2 Å². The van der Waals surface area contributed by atoms with Gasteiger partial charge in [0.05, 0.1) is 28.2 Å². The first-order valence-corrected chi connectivity index (χ1v) is 7.78. The van der Waals surface area contributed by atoms with Crippen molar-refractivity contribution >= 4 is 17.8 Å². The van der Waals surface area contributed by atoms with Gasteiger partial charge in [-0.1, -0.05) is 29.3 Å². The number of hydrogen-bond donors (Lipinski definition) is 0. The lowest BCUT2D eigenvalue weighted by Crippen LogP contribution is -2.32. The van der Waals surface area contributed by atoms with Gasteiger partial charge in [-0.25, -0.2) is 4.79 Å². The summed E-state index contributed by atoms with van der Waals surface area (Å²) in [4.78, 5) is 41.7. The zero-order chi connectivity index (χ0) is 17.6. The van der Waals surface area contributed by atoms with Crippen molar-refractivity contribution in [2.45, 2.75) is 18.3 Å². The minimum atomic E-state index is -0.803. The Hall–Kier alpha value is -3.46. The van der Waals surface area contributed by atoms with Gasteiger partial charge in [0.25, 0.3) is 11.8 Å². The second kappa shape index (κ2) is 5.28. The Bertz CT molecular complexity index is 917. The van der Waals surface area contributed by atoms with Gasteiger partial charge in [-0.3, -0.25) is 9.59 Å². The van der Waals surface area contributed by atoms with E-state index in [1.165, 1.54) is 24.3 Å². The number of hydroxylamine groups is 2. The second-order valence-electron chi connectivity index (χ2n) is 6.10. The maximum atomic E-state index is 12.3. The molecule has 0 N–H and O–H groups in total. The summed E-state index contributed by atoms with van der Waals surface area (Å²) in [5.74, 6) is -2.12. The molecular formula is C19H12N2O4. The van der Waals surface area contributed by atoms with E-state index in [1.807, 2.05) is 0 Å². The molecule has 0 aromatic heterocycles. The molecule has 0 spiro atoms. The number of amides is 2. The van der Waals surface area contributed by atoms with Gasteiger partial charge in [0.2, 0.25) is 0 Å². The second-order valence-corrected chi connectivity index (χ2v) is 6.10. The number of fused-ring (bicyclic) bond motifs is 1. The minimum absolute atomic E-state index is 0.203. The van der Waals surface area contributed by atoms with Gasteiger partial charge >= 0.3 is 5.97 Å². The maximum absolute atomic E-state index is 12.3. The number of carbonyl (C=O) groups is 3. The number of rotatable bonds is 3. The van der Waals surface area contributed by atoms with Crippen LogP contribution in [0.25, 0.3) is 0 Å². The molecule has 0 atom stereocenters. The quantitative estimate of drug-likeness (QED) is 0.806. The summed E-state index contributed by atoms with van der Waals surface area (Å²) in [5, 5.41) is 9.68. The molecule has 1 saturated carbocycles. The Balaban J connectivity index is 1.53. The highest BCUT2D eigenvalue weighted by Crippen LogP contribution is 2.47. The van der Waals surface area contributed by atoms with Gasteiger partial charge in [0, 0.05) is 0 Å². The lowest BCUT2D eigenvalue weighted by molar-refractivity contribution is -0.0584. The average Bonchev–Trinajstić information content (AvgIpc) is 3.42. The molecule has 0 unspecified atom stereocenters. The number of carbonyl (C=O) groups excluding carboxylic acids is 3. The fourth-order valence-electron chi connectivity index (χ4n) is 2.90. The van der Waals surface area contributed by atoms with Crippen LogP contribution in [0.1, 0.15) is 49.5 Å². The summed E-state index contributed by atoms with van der Waals surface area (Å²) in [6, 6.07) is 15.1. The third kappa shape index (κ3) is 2.29. The van der Waals surface area contributed by atoms with Crippen molar-refractivity contribution in [2.75, 3.05) is 0 Å². The summed E-state index contributed by atoms with van der Waals surface area (Å²) >= 11 is 0. The van der Waals surface area contributed by atoms with E-state index in [-0.39, 0.29) is 16.7 Å². The molecule has 1 aliphatic heterocycles. The molecular weight excluding hydrogens is 320 g/mol. The van der Waals surface area contributed by atoms with Crippen LogP contribution in [0.2, 0.25) is 0 Å². The monoisotopic (exact) mass is 332 g/mol. The van der Waals surface area contributed by atoms with Gasteiger partial charge in [-0.15, -0.1) is 0 Å². The van der Waals surface area contributed by atoms with Crippen molar-refractivity contribution in [3.8, 4) is 6.07 Å². The molecule has 6 nitrogen and oxygen atoms in total. The standard InChI is InChI=1S/C19H12N2O4/c20-11-19(9-10-19)13-7-5-12(6-8-13)18(24)25-21-16(22)14-3-1-2-4-15(14)17(21)23/h1-8H,9-10H2. The molecule has 2 aliphatic rings. The third-order valence-corrected chi connectivity index (χ3v) is 4.57. The Labute approximate surface area is 143 Å². The minimum Gasteiger partial charge on any atom is -0.324 e. The van der Waals surface area contributed by atoms with Crippen molar-refractivity contribution in [3.63, 3.8) is 0 Å². The van der Waals surface area contributed by atoms with E-state index in [0.29, 0.717) is 5.06 Å². The Morgan fingerprint density at radius 2 is 1.56 bits per heavy atom. The molecule has 1 fully saturated rings. The molecule has 0 saturated heterocycles. The van der Waals surface area contributed by atoms with E-state index in [1.54, 1.807) is 24.3 Å². The summed E-state index contributed by atoms with van der Waals surface area (Å²) < 4.78 is 0. The first-order valence-electron chi connectivity index (χ1n) is 7.78. The fourth-order valence-corrected chi connectivity index (χ4v) is 2.90. The predicted molar refractivity (Wildman–Crippen MR) is 85.3 cm³/mol. The number of hydrogen-bond acceptors (Lipinski definition) is 5. The Morgan fingerprint density at radius 1 is 1.00 bits per heavy atom. The van der Waals surface area contributed by atoms with Crippen molar-refractivity contribution in [2.24, 2.45) is 0 Å². The van der Waals surface area contributed by atoms with E-state index in [0.717, 1.165) is 18.4 Å². The lowest BCUT2D eigenvalue weighted by atomic mass is 9.97. The molecule has 1 aliphatic carbocycles. The van der Waals surface area contributed by atoms with Crippen molar-refractivity contribution in [3.05, 3.63) is 70.8 Å². The molecule has 1 heterocycles. The van der Waals surface area contributed by atoms with Gasteiger partial charge in [-0.2, -0.15) is 5.26 Å². The van der Waals surface area contributed by atoms with E-state index in [2.05, 4.69) is 6.07 Å². The molecule has 6 heteroatoms. The highest BCUT2D eigenvalue weighted by molar-refractivity contribution is 6.21. The van der Waals surface area contributed by atoms with E-state index >= 15 is 0 Å². The zero-order valence-electron chi connectivity index (χ0n) is 13.1. The van der Waals surface area contributed by atoms with Gasteiger partial charge in [0.1, 0.15) is 0 Å². The van der Waals surface area contributed by atoms with Crippen LogP contribution in [-0.2, 0) is 10.3 Å². The van der Waals surface area contributed by atoms with E-state index < -0.39 is 23.2 Å². The number of benzene rings is 2. The lowest BCUT2D eigenvalue weighted by Gasteiger charge is -2.13. The summed E-state index contributed by atoms with van der Waals surface area (Å²) in [6.07, 6.45) is 1.62. The summed E-state index contributed by atoms with van der Waals surface area (Å²) in [7, 11) is 0. The van der Waals surface area contributed by atoms with Crippen LogP contribution in [0.3, 0.4) is 0 Å². The topological polar surface area (TPSA) is 87.5 Å². The molecule has 4 rings (SSSR count). The highest BCUT2D eigenvalue weighted by Gasteiger charge is 2.45. The number of nitriles is 1. The summed E-state index contributed by atoms with van der Waals surface area (Å²) in [5.41, 5.74) is 1.03. The molecule has 2 aromatic carbocycles. The van der Waals surface area contributed by atoms with Crippen LogP contribution in [0, 0.1) is 11.3 Å². The molecule has 2 aromatic rings. The highest BCUT2D eigenvalue weighted by atomic mass is 16.7. The van der Waals surface area contributed by atoms with E-state index in [9.17, 15) is 19.6 Å². The van der Waals surface area contributed by atoms with Gasteiger partial charge < -0.3 is 4.84 Å². The fraction of sp³-hybridized carbons (Fsp3) is 0.158. The van der Waals surface area contributed by atoms with Crippen LogP contribution < -0.4 is 0 Å². The predicted octanol–water partition coefficient (Wildman–Crippen LogP) is 2.61. The third-order valence-electron chi connectivity index (χ3n) is 4.57.